The van der Waals surface area contributed by atoms with Gasteiger partial charge in [0.25, 0.3) is 0 Å². The van der Waals surface area contributed by atoms with Gasteiger partial charge in [-0.3, -0.25) is 0 Å². The molecule has 1 fully saturated rings. The van der Waals surface area contributed by atoms with Gasteiger partial charge in [-0.1, -0.05) is 0 Å². The summed E-state index contributed by atoms with van der Waals surface area (Å²) in [5.74, 6) is 0.830. The Labute approximate surface area is 116 Å². The van der Waals surface area contributed by atoms with Gasteiger partial charge in [-0.05, 0) is 37.5 Å². The van der Waals surface area contributed by atoms with E-state index in [2.05, 4.69) is 4.98 Å². The summed E-state index contributed by atoms with van der Waals surface area (Å²) >= 11 is 5.96. The number of imidazole rings is 1. The molecule has 0 N–H and O–H groups in total. The Hall–Kier alpha value is -1.13. The van der Waals surface area contributed by atoms with Crippen LogP contribution in [0.5, 0.6) is 0 Å². The molecule has 0 saturated heterocycles. The highest BCUT2D eigenvalue weighted by Gasteiger charge is 2.38. The molecular weight excluding hydrogens is 267 g/mol. The number of fused-ring (bicyclic) bond motifs is 1. The van der Waals surface area contributed by atoms with Gasteiger partial charge in [-0.2, -0.15) is 0 Å². The molecule has 3 nitrogen and oxygen atoms in total. The second kappa shape index (κ2) is 4.76. The maximum atomic E-state index is 13.4. The number of aromatic nitrogens is 2. The lowest BCUT2D eigenvalue weighted by Crippen LogP contribution is -2.43. The van der Waals surface area contributed by atoms with Crippen molar-refractivity contribution < 1.29 is 9.13 Å². The summed E-state index contributed by atoms with van der Waals surface area (Å²) in [7, 11) is 1.74. The minimum Gasteiger partial charge on any atom is -0.376 e. The largest absolute Gasteiger partial charge is 0.376 e. The van der Waals surface area contributed by atoms with E-state index in [4.69, 9.17) is 16.3 Å². The van der Waals surface area contributed by atoms with Crippen LogP contribution < -0.4 is 0 Å². The number of ether oxygens (including phenoxy) is 1. The first kappa shape index (κ1) is 12.9. The van der Waals surface area contributed by atoms with E-state index < -0.39 is 0 Å². The van der Waals surface area contributed by atoms with Gasteiger partial charge >= 0.3 is 0 Å². The quantitative estimate of drug-likeness (QED) is 0.803. The monoisotopic (exact) mass is 282 g/mol. The van der Waals surface area contributed by atoms with Gasteiger partial charge in [-0.15, -0.1) is 11.6 Å². The van der Waals surface area contributed by atoms with Crippen molar-refractivity contribution in [3.8, 4) is 0 Å². The fraction of sp³-hybridized carbons (Fsp3) is 0.500. The molecule has 1 aromatic carbocycles. The Morgan fingerprint density at radius 1 is 1.47 bits per heavy atom. The van der Waals surface area contributed by atoms with Crippen molar-refractivity contribution in [3.05, 3.63) is 29.8 Å². The summed E-state index contributed by atoms with van der Waals surface area (Å²) in [6.45, 7) is 0.686. The van der Waals surface area contributed by atoms with Crippen LogP contribution in [0.1, 0.15) is 25.1 Å². The van der Waals surface area contributed by atoms with E-state index in [9.17, 15) is 4.39 Å². The Kier molecular flexibility index (Phi) is 3.23. The van der Waals surface area contributed by atoms with Gasteiger partial charge in [0.1, 0.15) is 11.6 Å². The Bertz CT molecular complexity index is 601. The number of hydrogen-bond acceptors (Lipinski definition) is 2. The topological polar surface area (TPSA) is 27.1 Å². The van der Waals surface area contributed by atoms with Crippen molar-refractivity contribution in [1.82, 2.24) is 9.55 Å². The molecule has 5 heteroatoms. The average Bonchev–Trinajstić information content (AvgIpc) is 2.71. The van der Waals surface area contributed by atoms with Crippen LogP contribution in [0.15, 0.2) is 18.2 Å². The number of hydrogen-bond donors (Lipinski definition) is 0. The molecule has 1 aliphatic rings. The third-order valence-corrected chi connectivity index (χ3v) is 4.29. The first-order valence-electron chi connectivity index (χ1n) is 6.43. The maximum Gasteiger partial charge on any atom is 0.125 e. The molecule has 0 atom stereocenters. The molecule has 102 valence electrons. The lowest BCUT2D eigenvalue weighted by molar-refractivity contribution is -0.0831. The minimum atomic E-state index is -0.255. The lowest BCUT2D eigenvalue weighted by Gasteiger charge is -2.41. The van der Waals surface area contributed by atoms with Crippen molar-refractivity contribution in [2.45, 2.75) is 37.3 Å². The molecule has 1 heterocycles. The van der Waals surface area contributed by atoms with Gasteiger partial charge < -0.3 is 9.30 Å². The van der Waals surface area contributed by atoms with Crippen molar-refractivity contribution in [2.75, 3.05) is 7.11 Å². The molecule has 1 saturated carbocycles. The van der Waals surface area contributed by atoms with E-state index in [1.165, 1.54) is 18.6 Å². The lowest BCUT2D eigenvalue weighted by atomic mass is 9.80. The van der Waals surface area contributed by atoms with E-state index in [-0.39, 0.29) is 11.4 Å². The first-order chi connectivity index (χ1) is 9.17. The molecule has 0 unspecified atom stereocenters. The van der Waals surface area contributed by atoms with Crippen LogP contribution in [0, 0.1) is 5.82 Å². The summed E-state index contributed by atoms with van der Waals surface area (Å²) in [6, 6.07) is 4.63. The molecule has 1 aliphatic carbocycles. The van der Waals surface area contributed by atoms with Gasteiger partial charge in [0.2, 0.25) is 0 Å². The van der Waals surface area contributed by atoms with Crippen LogP contribution in [0.25, 0.3) is 11.0 Å². The van der Waals surface area contributed by atoms with Crippen molar-refractivity contribution in [2.24, 2.45) is 0 Å². The van der Waals surface area contributed by atoms with Gasteiger partial charge in [0, 0.05) is 7.11 Å². The average molecular weight is 283 g/mol. The van der Waals surface area contributed by atoms with Gasteiger partial charge in [-0.25, -0.2) is 9.37 Å². The van der Waals surface area contributed by atoms with Crippen molar-refractivity contribution in [3.63, 3.8) is 0 Å². The second-order valence-electron chi connectivity index (χ2n) is 5.12. The van der Waals surface area contributed by atoms with E-state index in [1.54, 1.807) is 13.2 Å². The summed E-state index contributed by atoms with van der Waals surface area (Å²) in [4.78, 5) is 4.46. The Balaban J connectivity index is 2.07. The molecular formula is C14H16ClFN2O. The molecule has 0 amide bonds. The SMILES string of the molecule is COC1(Cn2c(CCl)nc3ccc(F)cc32)CCC1. The molecule has 1 aromatic heterocycles. The third kappa shape index (κ3) is 2.13. The van der Waals surface area contributed by atoms with E-state index in [1.807, 2.05) is 4.57 Å². The van der Waals surface area contributed by atoms with Crippen molar-refractivity contribution >= 4 is 22.6 Å². The van der Waals surface area contributed by atoms with Crippen LogP contribution >= 0.6 is 11.6 Å². The zero-order valence-electron chi connectivity index (χ0n) is 10.8. The normalized spacial score (nSPS) is 17.6. The number of alkyl halides is 1. The first-order valence-corrected chi connectivity index (χ1v) is 6.97. The smallest absolute Gasteiger partial charge is 0.125 e. The maximum absolute atomic E-state index is 13.4. The fourth-order valence-corrected chi connectivity index (χ4v) is 2.91. The van der Waals surface area contributed by atoms with E-state index in [0.29, 0.717) is 12.4 Å². The predicted molar refractivity (Wildman–Crippen MR) is 72.8 cm³/mol. The molecule has 0 spiro atoms. The minimum absolute atomic E-state index is 0.138. The van der Waals surface area contributed by atoms with Crippen molar-refractivity contribution in [1.29, 1.82) is 0 Å². The number of methoxy groups -OCH3 is 1. The molecule has 2 aromatic rings. The highest BCUT2D eigenvalue weighted by atomic mass is 35.5. The van der Waals surface area contributed by atoms with Crippen LogP contribution in [0.3, 0.4) is 0 Å². The standard InChI is InChI=1S/C14H16ClFN2O/c1-19-14(5-2-6-14)9-18-12-7-10(16)3-4-11(12)17-13(18)8-15/h3-4,7H,2,5-6,8-9H2,1H3. The summed E-state index contributed by atoms with van der Waals surface area (Å²) in [5, 5.41) is 0. The highest BCUT2D eigenvalue weighted by molar-refractivity contribution is 6.16. The molecule has 19 heavy (non-hydrogen) atoms. The summed E-state index contributed by atoms with van der Waals surface area (Å²) < 4.78 is 21.1. The zero-order chi connectivity index (χ0) is 13.5. The van der Waals surface area contributed by atoms with Gasteiger partial charge in [0.15, 0.2) is 0 Å². The number of rotatable bonds is 4. The van der Waals surface area contributed by atoms with Crippen LogP contribution in [0.2, 0.25) is 0 Å². The second-order valence-corrected chi connectivity index (χ2v) is 5.39. The Morgan fingerprint density at radius 3 is 2.84 bits per heavy atom. The molecule has 0 radical (unpaired) electrons. The number of benzene rings is 1. The van der Waals surface area contributed by atoms with E-state index >= 15 is 0 Å². The summed E-state index contributed by atoms with van der Waals surface area (Å²) in [6.07, 6.45) is 3.23. The predicted octanol–water partition coefficient (Wildman–Crippen LogP) is 3.48. The summed E-state index contributed by atoms with van der Waals surface area (Å²) in [5.41, 5.74) is 1.43. The van der Waals surface area contributed by atoms with E-state index in [0.717, 1.165) is 29.7 Å². The third-order valence-electron chi connectivity index (χ3n) is 4.05. The molecule has 3 rings (SSSR count). The highest BCUT2D eigenvalue weighted by Crippen LogP contribution is 2.37. The Morgan fingerprint density at radius 2 is 2.26 bits per heavy atom. The van der Waals surface area contributed by atoms with Crippen LogP contribution in [-0.4, -0.2) is 22.3 Å². The zero-order valence-corrected chi connectivity index (χ0v) is 11.6. The number of nitrogens with zero attached hydrogens (tertiary/aromatic N) is 2. The molecule has 0 bridgehead atoms. The van der Waals surface area contributed by atoms with Gasteiger partial charge in [0.05, 0.1) is 29.1 Å². The number of halogens is 2. The fourth-order valence-electron chi connectivity index (χ4n) is 2.71. The van der Waals surface area contributed by atoms with Crippen LogP contribution in [0.4, 0.5) is 4.39 Å². The van der Waals surface area contributed by atoms with Crippen LogP contribution in [-0.2, 0) is 17.2 Å². The molecule has 0 aliphatic heterocycles.